The molecule has 0 amide bonds. The van der Waals surface area contributed by atoms with Crippen LogP contribution < -0.4 is 0 Å². The van der Waals surface area contributed by atoms with Gasteiger partial charge in [0.15, 0.2) is 0 Å². The number of aromatic amines is 1. The van der Waals surface area contributed by atoms with Crippen LogP contribution in [0.1, 0.15) is 25.8 Å². The van der Waals surface area contributed by atoms with E-state index in [0.29, 0.717) is 5.89 Å². The number of rotatable bonds is 1. The topological polar surface area (TPSA) is 54.7 Å². The summed E-state index contributed by atoms with van der Waals surface area (Å²) in [7, 11) is 0. The minimum Gasteiger partial charge on any atom is -0.408 e. The first-order valence-corrected chi connectivity index (χ1v) is 5.71. The molecule has 1 N–H and O–H groups in total. The van der Waals surface area contributed by atoms with Crippen molar-refractivity contribution in [1.82, 2.24) is 15.2 Å². The third-order valence-corrected chi connectivity index (χ3v) is 3.38. The summed E-state index contributed by atoms with van der Waals surface area (Å²) < 4.78 is 5.21. The summed E-state index contributed by atoms with van der Waals surface area (Å²) >= 11 is 6.39. The molecule has 2 rings (SSSR count). The Morgan fingerprint density at radius 3 is 2.67 bits per heavy atom. The van der Waals surface area contributed by atoms with Gasteiger partial charge in [-0.25, -0.2) is 10.1 Å². The number of hydrogen-bond acceptors (Lipinski definition) is 5. The van der Waals surface area contributed by atoms with Crippen LogP contribution in [-0.2, 0) is 5.41 Å². The highest BCUT2D eigenvalue weighted by Gasteiger charge is 2.19. The van der Waals surface area contributed by atoms with Crippen LogP contribution >= 0.6 is 23.6 Å². The zero-order valence-corrected chi connectivity index (χ0v) is 10.3. The molecule has 0 aliphatic carbocycles. The Morgan fingerprint density at radius 2 is 2.20 bits per heavy atom. The smallest absolute Gasteiger partial charge is 0.284 e. The van der Waals surface area contributed by atoms with Crippen LogP contribution in [0.25, 0.3) is 10.8 Å². The number of H-pyrrole nitrogens is 1. The predicted octanol–water partition coefficient (Wildman–Crippen LogP) is 3.15. The number of aromatic nitrogens is 3. The van der Waals surface area contributed by atoms with Gasteiger partial charge in [-0.2, -0.15) is 0 Å². The van der Waals surface area contributed by atoms with Crippen LogP contribution in [0.4, 0.5) is 0 Å². The summed E-state index contributed by atoms with van der Waals surface area (Å²) in [6.45, 7) is 6.36. The van der Waals surface area contributed by atoms with Crippen molar-refractivity contribution in [3.63, 3.8) is 0 Å². The van der Waals surface area contributed by atoms with E-state index in [0.717, 1.165) is 9.88 Å². The zero-order chi connectivity index (χ0) is 11.1. The van der Waals surface area contributed by atoms with Crippen LogP contribution in [0.2, 0.25) is 0 Å². The molecule has 2 aromatic heterocycles. The van der Waals surface area contributed by atoms with Gasteiger partial charge in [-0.05, 0) is 12.2 Å². The molecule has 0 saturated heterocycles. The van der Waals surface area contributed by atoms with Gasteiger partial charge < -0.3 is 4.42 Å². The maximum Gasteiger partial charge on any atom is 0.284 e. The minimum absolute atomic E-state index is 0.0516. The summed E-state index contributed by atoms with van der Waals surface area (Å²) in [5.74, 6) is 0.507. The Morgan fingerprint density at radius 1 is 1.47 bits per heavy atom. The Kier molecular flexibility index (Phi) is 2.47. The Hall–Kier alpha value is -1.01. The predicted molar refractivity (Wildman–Crippen MR) is 61.5 cm³/mol. The van der Waals surface area contributed by atoms with Crippen molar-refractivity contribution in [2.75, 3.05) is 0 Å². The third kappa shape index (κ3) is 2.15. The van der Waals surface area contributed by atoms with E-state index in [1.165, 1.54) is 0 Å². The highest BCUT2D eigenvalue weighted by Crippen LogP contribution is 2.31. The van der Waals surface area contributed by atoms with Gasteiger partial charge in [0.1, 0.15) is 4.88 Å². The first-order chi connectivity index (χ1) is 6.97. The van der Waals surface area contributed by atoms with Crippen LogP contribution in [0.5, 0.6) is 0 Å². The quantitative estimate of drug-likeness (QED) is 0.779. The largest absolute Gasteiger partial charge is 0.408 e. The monoisotopic (exact) mass is 241 g/mol. The number of thiazole rings is 1. The molecule has 0 bridgehead atoms. The molecule has 80 valence electrons. The Balaban J connectivity index is 2.40. The van der Waals surface area contributed by atoms with Gasteiger partial charge in [0.2, 0.25) is 0 Å². The molecule has 0 unspecified atom stereocenters. The summed E-state index contributed by atoms with van der Waals surface area (Å²) in [5, 5.41) is 7.61. The van der Waals surface area contributed by atoms with Gasteiger partial charge in [0, 0.05) is 5.41 Å². The second-order valence-electron chi connectivity index (χ2n) is 4.20. The van der Waals surface area contributed by atoms with E-state index < -0.39 is 0 Å². The highest BCUT2D eigenvalue weighted by molar-refractivity contribution is 7.71. The van der Waals surface area contributed by atoms with E-state index in [9.17, 15) is 0 Å². The summed E-state index contributed by atoms with van der Waals surface area (Å²) in [5.41, 5.74) is 0.0516. The zero-order valence-electron chi connectivity index (χ0n) is 8.70. The van der Waals surface area contributed by atoms with Crippen molar-refractivity contribution in [3.8, 4) is 10.8 Å². The lowest BCUT2D eigenvalue weighted by Crippen LogP contribution is -2.09. The summed E-state index contributed by atoms with van der Waals surface area (Å²) in [6, 6.07) is 0. The van der Waals surface area contributed by atoms with Gasteiger partial charge in [-0.1, -0.05) is 20.8 Å². The van der Waals surface area contributed by atoms with Crippen LogP contribution in [0.15, 0.2) is 10.6 Å². The molecule has 0 fully saturated rings. The molecule has 0 aromatic carbocycles. The van der Waals surface area contributed by atoms with Crippen molar-refractivity contribution in [2.45, 2.75) is 26.2 Å². The standard InChI is InChI=1S/C9H11N3OS2/c1-9(2,3)7-10-4-5(15-7)6-11-12-8(14)13-6/h4H,1-3H3,(H,12,14). The average molecular weight is 241 g/mol. The lowest BCUT2D eigenvalue weighted by Gasteiger charge is -2.13. The third-order valence-electron chi connectivity index (χ3n) is 1.80. The second kappa shape index (κ2) is 3.53. The molecule has 0 aliphatic heterocycles. The van der Waals surface area contributed by atoms with Gasteiger partial charge in [-0.15, -0.1) is 16.4 Å². The number of nitrogens with zero attached hydrogens (tertiary/aromatic N) is 2. The molecule has 6 heteroatoms. The molecule has 4 nitrogen and oxygen atoms in total. The fourth-order valence-electron chi connectivity index (χ4n) is 1.05. The van der Waals surface area contributed by atoms with Crippen molar-refractivity contribution in [1.29, 1.82) is 0 Å². The fraction of sp³-hybridized carbons (Fsp3) is 0.444. The molecular weight excluding hydrogens is 230 g/mol. The molecule has 0 radical (unpaired) electrons. The summed E-state index contributed by atoms with van der Waals surface area (Å²) in [6.07, 6.45) is 1.76. The number of hydrogen-bond donors (Lipinski definition) is 1. The fourth-order valence-corrected chi connectivity index (χ4v) is 2.08. The van der Waals surface area contributed by atoms with Crippen LogP contribution in [-0.4, -0.2) is 15.2 Å². The molecule has 15 heavy (non-hydrogen) atoms. The van der Waals surface area contributed by atoms with Crippen molar-refractivity contribution < 1.29 is 4.42 Å². The van der Waals surface area contributed by atoms with Crippen molar-refractivity contribution >= 4 is 23.6 Å². The molecule has 2 aromatic rings. The lowest BCUT2D eigenvalue weighted by molar-refractivity contribution is 0.553. The first-order valence-electron chi connectivity index (χ1n) is 4.49. The molecule has 0 saturated carbocycles. The van der Waals surface area contributed by atoms with Gasteiger partial charge >= 0.3 is 0 Å². The second-order valence-corrected chi connectivity index (χ2v) is 5.60. The molecular formula is C9H11N3OS2. The van der Waals surface area contributed by atoms with Crippen molar-refractivity contribution in [3.05, 3.63) is 16.0 Å². The van der Waals surface area contributed by atoms with Gasteiger partial charge in [-0.3, -0.25) is 0 Å². The highest BCUT2D eigenvalue weighted by atomic mass is 32.1. The molecule has 0 atom stereocenters. The maximum atomic E-state index is 5.21. The Bertz CT molecular complexity index is 518. The van der Waals surface area contributed by atoms with E-state index in [1.54, 1.807) is 17.5 Å². The average Bonchev–Trinajstić information content (AvgIpc) is 2.69. The normalized spacial score (nSPS) is 11.9. The molecule has 2 heterocycles. The van der Waals surface area contributed by atoms with E-state index in [4.69, 9.17) is 16.6 Å². The van der Waals surface area contributed by atoms with Gasteiger partial charge in [0.25, 0.3) is 10.7 Å². The van der Waals surface area contributed by atoms with Crippen LogP contribution in [0.3, 0.4) is 0 Å². The lowest BCUT2D eigenvalue weighted by atomic mass is 9.98. The minimum atomic E-state index is 0.0516. The van der Waals surface area contributed by atoms with E-state index in [1.807, 2.05) is 0 Å². The van der Waals surface area contributed by atoms with Crippen molar-refractivity contribution in [2.24, 2.45) is 0 Å². The Labute approximate surface area is 96.4 Å². The maximum absolute atomic E-state index is 5.21. The van der Waals surface area contributed by atoms with Gasteiger partial charge in [0.05, 0.1) is 11.2 Å². The summed E-state index contributed by atoms with van der Waals surface area (Å²) in [4.78, 5) is 5.53. The van der Waals surface area contributed by atoms with E-state index in [-0.39, 0.29) is 10.3 Å². The van der Waals surface area contributed by atoms with E-state index >= 15 is 0 Å². The first kappa shape index (κ1) is 10.5. The number of nitrogens with one attached hydrogen (secondary N) is 1. The van der Waals surface area contributed by atoms with E-state index in [2.05, 4.69) is 36.0 Å². The molecule has 0 spiro atoms. The van der Waals surface area contributed by atoms with Crippen LogP contribution in [0, 0.1) is 4.84 Å². The molecule has 0 aliphatic rings. The SMILES string of the molecule is CC(C)(C)c1ncc(-c2n[nH]c(=S)o2)s1.